The molecule has 0 aromatic heterocycles. The van der Waals surface area contributed by atoms with Crippen LogP contribution in [0, 0.1) is 0 Å². The Balaban J connectivity index is 3.31. The fraction of sp³-hybridized carbons (Fsp3) is 0.895. The number of nitrogens with one attached hydrogen (secondary N) is 1. The third kappa shape index (κ3) is 67.2. The van der Waals surface area contributed by atoms with E-state index in [4.69, 9.17) is 4.74 Å². The number of allylic oxidation sites excluding steroid dienone is 6. The number of aliphatic hydroxyl groups is 2. The minimum absolute atomic E-state index is 0.0140. The van der Waals surface area contributed by atoms with Gasteiger partial charge in [0, 0.05) is 12.8 Å². The Morgan fingerprint density at radius 3 is 0.963 bits per heavy atom. The Morgan fingerprint density at radius 1 is 0.341 bits per heavy atom. The van der Waals surface area contributed by atoms with E-state index >= 15 is 0 Å². The normalized spacial score (nSPS) is 12.7. The molecule has 0 aliphatic heterocycles. The van der Waals surface area contributed by atoms with Gasteiger partial charge in [-0.25, -0.2) is 0 Å². The Bertz CT molecular complexity index is 1330. The number of aliphatic hydroxyl groups excluding tert-OH is 2. The first-order chi connectivity index (χ1) is 40.5. The topological polar surface area (TPSA) is 95.9 Å². The number of esters is 1. The van der Waals surface area contributed by atoms with Crippen LogP contribution in [0.25, 0.3) is 0 Å². The number of rotatable bonds is 70. The number of carbonyl (C=O) groups is 2. The number of hydrogen-bond acceptors (Lipinski definition) is 5. The summed E-state index contributed by atoms with van der Waals surface area (Å²) in [7, 11) is 0. The highest BCUT2D eigenvalue weighted by atomic mass is 16.5. The second-order valence-electron chi connectivity index (χ2n) is 25.6. The molecule has 0 fully saturated rings. The van der Waals surface area contributed by atoms with Crippen molar-refractivity contribution in [3.63, 3.8) is 0 Å². The maximum atomic E-state index is 12.5. The second kappa shape index (κ2) is 71.6. The van der Waals surface area contributed by atoms with Crippen molar-refractivity contribution >= 4 is 11.9 Å². The molecule has 1 amide bonds. The van der Waals surface area contributed by atoms with Gasteiger partial charge in [-0.2, -0.15) is 0 Å². The van der Waals surface area contributed by atoms with Crippen LogP contribution in [0.3, 0.4) is 0 Å². The van der Waals surface area contributed by atoms with Crippen molar-refractivity contribution < 1.29 is 24.5 Å². The number of unbranched alkanes of at least 4 members (excludes halogenated alkanes) is 53. The summed E-state index contributed by atoms with van der Waals surface area (Å²) in [5, 5.41) is 23.2. The highest BCUT2D eigenvalue weighted by molar-refractivity contribution is 5.76. The van der Waals surface area contributed by atoms with E-state index in [9.17, 15) is 19.8 Å². The smallest absolute Gasteiger partial charge is 0.305 e. The van der Waals surface area contributed by atoms with Gasteiger partial charge in [-0.05, 0) is 83.5 Å². The summed E-state index contributed by atoms with van der Waals surface area (Å²) in [6.07, 6.45) is 92.3. The van der Waals surface area contributed by atoms with Crippen LogP contribution < -0.4 is 5.32 Å². The van der Waals surface area contributed by atoms with Gasteiger partial charge < -0.3 is 20.3 Å². The Morgan fingerprint density at radius 2 is 0.610 bits per heavy atom. The standard InChI is InChI=1S/C76H145NO5/c1-3-5-7-9-11-13-15-16-17-39-43-46-50-54-58-62-66-70-76(81)82-71-67-63-59-55-51-47-44-41-38-36-34-32-30-28-26-24-22-20-18-19-21-23-25-27-29-31-33-35-37-40-42-45-49-53-57-61-65-69-75(80)77-73(72-78)74(79)68-64-60-56-52-48-14-12-10-8-6-4-2/h11,13,16-18,20,73-74,78-79H,3-10,12,14-15,19,21-72H2,1-2H3,(H,77,80)/b13-11-,17-16-,20-18-. The fourth-order valence-electron chi connectivity index (χ4n) is 11.7. The number of ether oxygens (including phenoxy) is 1. The number of hydrogen-bond donors (Lipinski definition) is 3. The predicted molar refractivity (Wildman–Crippen MR) is 361 cm³/mol. The summed E-state index contributed by atoms with van der Waals surface area (Å²) in [5.41, 5.74) is 0. The van der Waals surface area contributed by atoms with E-state index in [-0.39, 0.29) is 18.5 Å². The van der Waals surface area contributed by atoms with Crippen LogP contribution in [-0.4, -0.2) is 47.4 Å². The highest BCUT2D eigenvalue weighted by Gasteiger charge is 2.20. The summed E-state index contributed by atoms with van der Waals surface area (Å²) in [6.45, 7) is 4.95. The molecular weight excluding hydrogens is 1010 g/mol. The number of amides is 1. The SMILES string of the molecule is CCCCC/C=C\C/C=C\CCCCCCCCCC(=O)OCCCCCCCCCCCCCCCCCC/C=C\CCCCCCCCCCCCCCCCCCCC(=O)NC(CO)C(O)CCCCCCCCCCCCC. The molecule has 0 aliphatic carbocycles. The zero-order valence-corrected chi connectivity index (χ0v) is 55.5. The third-order valence-electron chi connectivity index (χ3n) is 17.4. The summed E-state index contributed by atoms with van der Waals surface area (Å²) in [6, 6.07) is -0.537. The fourth-order valence-corrected chi connectivity index (χ4v) is 11.7. The lowest BCUT2D eigenvalue weighted by Gasteiger charge is -2.22. The molecule has 82 heavy (non-hydrogen) atoms. The first-order valence-corrected chi connectivity index (χ1v) is 37.2. The van der Waals surface area contributed by atoms with Crippen LogP contribution >= 0.6 is 0 Å². The maximum Gasteiger partial charge on any atom is 0.305 e. The quantitative estimate of drug-likeness (QED) is 0.0320. The average molecular weight is 1150 g/mol. The van der Waals surface area contributed by atoms with Crippen molar-refractivity contribution in [2.45, 2.75) is 424 Å². The van der Waals surface area contributed by atoms with E-state index in [0.717, 1.165) is 51.4 Å². The summed E-state index contributed by atoms with van der Waals surface area (Å²) in [4.78, 5) is 24.6. The van der Waals surface area contributed by atoms with E-state index in [1.807, 2.05) is 0 Å². The van der Waals surface area contributed by atoms with Gasteiger partial charge in [0.25, 0.3) is 0 Å². The molecule has 3 N–H and O–H groups in total. The third-order valence-corrected chi connectivity index (χ3v) is 17.4. The molecule has 0 heterocycles. The lowest BCUT2D eigenvalue weighted by atomic mass is 10.0. The van der Waals surface area contributed by atoms with Crippen LogP contribution in [-0.2, 0) is 14.3 Å². The zero-order valence-electron chi connectivity index (χ0n) is 55.5. The summed E-state index contributed by atoms with van der Waals surface area (Å²) in [5.74, 6) is -0.0161. The molecule has 0 bridgehead atoms. The Hall–Kier alpha value is -1.92. The maximum absolute atomic E-state index is 12.5. The van der Waals surface area contributed by atoms with E-state index in [0.29, 0.717) is 25.9 Å². The van der Waals surface area contributed by atoms with Gasteiger partial charge in [0.1, 0.15) is 0 Å². The molecular formula is C76H145NO5. The monoisotopic (exact) mass is 1150 g/mol. The summed E-state index contributed by atoms with van der Waals surface area (Å²) >= 11 is 0. The van der Waals surface area contributed by atoms with E-state index in [1.54, 1.807) is 0 Å². The van der Waals surface area contributed by atoms with Gasteiger partial charge in [-0.3, -0.25) is 9.59 Å². The molecule has 0 aliphatic rings. The van der Waals surface area contributed by atoms with Gasteiger partial charge in [-0.15, -0.1) is 0 Å². The molecule has 2 atom stereocenters. The highest BCUT2D eigenvalue weighted by Crippen LogP contribution is 2.19. The predicted octanol–water partition coefficient (Wildman–Crippen LogP) is 24.3. The average Bonchev–Trinajstić information content (AvgIpc) is 3.48. The Kier molecular flexibility index (Phi) is 69.9. The van der Waals surface area contributed by atoms with Gasteiger partial charge >= 0.3 is 5.97 Å². The van der Waals surface area contributed by atoms with Crippen LogP contribution in [0.15, 0.2) is 36.5 Å². The Labute approximate surface area is 513 Å². The molecule has 6 nitrogen and oxygen atoms in total. The molecule has 0 saturated heterocycles. The van der Waals surface area contributed by atoms with Gasteiger partial charge in [0.05, 0.1) is 25.4 Å². The van der Waals surface area contributed by atoms with Crippen molar-refractivity contribution in [2.24, 2.45) is 0 Å². The van der Waals surface area contributed by atoms with Crippen molar-refractivity contribution in [3.8, 4) is 0 Å². The van der Waals surface area contributed by atoms with Gasteiger partial charge in [-0.1, -0.05) is 352 Å². The van der Waals surface area contributed by atoms with E-state index in [1.165, 1.54) is 327 Å². The van der Waals surface area contributed by atoms with Gasteiger partial charge in [0.2, 0.25) is 5.91 Å². The number of carbonyl (C=O) groups excluding carboxylic acids is 2. The molecule has 0 rings (SSSR count). The van der Waals surface area contributed by atoms with Crippen LogP contribution in [0.4, 0.5) is 0 Å². The van der Waals surface area contributed by atoms with Crippen LogP contribution in [0.1, 0.15) is 412 Å². The van der Waals surface area contributed by atoms with E-state index < -0.39 is 12.1 Å². The lowest BCUT2D eigenvalue weighted by Crippen LogP contribution is -2.45. The van der Waals surface area contributed by atoms with Crippen molar-refractivity contribution in [3.05, 3.63) is 36.5 Å². The molecule has 0 spiro atoms. The molecule has 484 valence electrons. The second-order valence-corrected chi connectivity index (χ2v) is 25.6. The van der Waals surface area contributed by atoms with Crippen molar-refractivity contribution in [1.29, 1.82) is 0 Å². The first-order valence-electron chi connectivity index (χ1n) is 37.2. The molecule has 0 aromatic rings. The van der Waals surface area contributed by atoms with Crippen LogP contribution in [0.5, 0.6) is 0 Å². The molecule has 0 aromatic carbocycles. The zero-order chi connectivity index (χ0) is 59.2. The minimum atomic E-state index is -0.660. The molecule has 0 saturated carbocycles. The van der Waals surface area contributed by atoms with E-state index in [2.05, 4.69) is 55.6 Å². The molecule has 2 unspecified atom stereocenters. The lowest BCUT2D eigenvalue weighted by molar-refractivity contribution is -0.143. The first kappa shape index (κ1) is 80.1. The van der Waals surface area contributed by atoms with Gasteiger partial charge in [0.15, 0.2) is 0 Å². The largest absolute Gasteiger partial charge is 0.466 e. The van der Waals surface area contributed by atoms with Crippen LogP contribution in [0.2, 0.25) is 0 Å². The van der Waals surface area contributed by atoms with Crippen molar-refractivity contribution in [2.75, 3.05) is 13.2 Å². The molecule has 6 heteroatoms. The summed E-state index contributed by atoms with van der Waals surface area (Å²) < 4.78 is 5.50. The molecule has 0 radical (unpaired) electrons. The van der Waals surface area contributed by atoms with Crippen molar-refractivity contribution in [1.82, 2.24) is 5.32 Å². The minimum Gasteiger partial charge on any atom is -0.466 e.